The number of para-hydroxylation sites is 1. The Kier molecular flexibility index (Phi) is 3.96. The van der Waals surface area contributed by atoms with Crippen LogP contribution in [0.25, 0.3) is 0 Å². The second-order valence-electron chi connectivity index (χ2n) is 4.17. The van der Waals surface area contributed by atoms with E-state index in [9.17, 15) is 4.79 Å². The zero-order chi connectivity index (χ0) is 14.5. The molecule has 0 spiro atoms. The van der Waals surface area contributed by atoms with Crippen LogP contribution >= 0.6 is 0 Å². The first-order chi connectivity index (χ1) is 9.67. The fourth-order valence-electron chi connectivity index (χ4n) is 1.86. The molecule has 5 heteroatoms. The highest BCUT2D eigenvalue weighted by atomic mass is 16.2. The number of hydrogen-bond donors (Lipinski definition) is 1. The van der Waals surface area contributed by atoms with E-state index < -0.39 is 0 Å². The molecule has 2 aromatic rings. The molecule has 100 valence electrons. The van der Waals surface area contributed by atoms with E-state index in [1.807, 2.05) is 0 Å². The summed E-state index contributed by atoms with van der Waals surface area (Å²) in [6.45, 7) is 0. The molecule has 1 heterocycles. The molecule has 0 aliphatic rings. The zero-order valence-corrected chi connectivity index (χ0v) is 11.3. The first-order valence-electron chi connectivity index (χ1n) is 6.08. The van der Waals surface area contributed by atoms with Gasteiger partial charge in [-0.15, -0.1) is 0 Å². The van der Waals surface area contributed by atoms with Crippen LogP contribution in [-0.2, 0) is 0 Å². The van der Waals surface area contributed by atoms with Gasteiger partial charge in [0.2, 0.25) is 0 Å². The molecule has 0 radical (unpaired) electrons. The molecule has 5 nitrogen and oxygen atoms in total. The summed E-state index contributed by atoms with van der Waals surface area (Å²) >= 11 is 0. The molecule has 1 aromatic carbocycles. The first kappa shape index (κ1) is 13.6. The summed E-state index contributed by atoms with van der Waals surface area (Å²) < 4.78 is 0. The number of rotatable bonds is 3. The van der Waals surface area contributed by atoms with Crippen LogP contribution in [0.15, 0.2) is 42.6 Å². The highest BCUT2D eigenvalue weighted by Crippen LogP contribution is 2.20. The van der Waals surface area contributed by atoms with Crippen LogP contribution in [0.2, 0.25) is 0 Å². The monoisotopic (exact) mass is 266 g/mol. The summed E-state index contributed by atoms with van der Waals surface area (Å²) in [6.07, 6.45) is 1.57. The summed E-state index contributed by atoms with van der Waals surface area (Å²) in [7, 11) is 3.39. The normalized spacial score (nSPS) is 9.65. The summed E-state index contributed by atoms with van der Waals surface area (Å²) in [4.78, 5) is 18.0. The molecule has 0 saturated carbocycles. The largest absolute Gasteiger partial charge is 0.373 e. The van der Waals surface area contributed by atoms with Crippen molar-refractivity contribution < 1.29 is 4.79 Å². The van der Waals surface area contributed by atoms with Crippen LogP contribution in [0.5, 0.6) is 0 Å². The number of nitrogens with zero attached hydrogens (tertiary/aromatic N) is 3. The van der Waals surface area contributed by atoms with Gasteiger partial charge in [-0.25, -0.2) is 4.98 Å². The molecule has 1 N–H and O–H groups in total. The lowest BCUT2D eigenvalue weighted by Gasteiger charge is -2.18. The Morgan fingerprint density at radius 3 is 2.80 bits per heavy atom. The van der Waals surface area contributed by atoms with E-state index in [1.54, 1.807) is 56.7 Å². The lowest BCUT2D eigenvalue weighted by molar-refractivity contribution is 0.0993. The predicted octanol–water partition coefficient (Wildman–Crippen LogP) is 2.27. The van der Waals surface area contributed by atoms with E-state index in [4.69, 9.17) is 5.26 Å². The number of nitrogens with one attached hydrogen (secondary N) is 1. The Hall–Kier alpha value is -2.87. The van der Waals surface area contributed by atoms with Crippen LogP contribution in [-0.4, -0.2) is 25.0 Å². The number of aromatic nitrogens is 1. The second-order valence-corrected chi connectivity index (χ2v) is 4.17. The number of amides is 1. The third-order valence-corrected chi connectivity index (χ3v) is 2.95. The molecule has 2 rings (SSSR count). The quantitative estimate of drug-likeness (QED) is 0.925. The van der Waals surface area contributed by atoms with Crippen LogP contribution in [0, 0.1) is 11.3 Å². The average Bonchev–Trinajstić information content (AvgIpc) is 2.53. The van der Waals surface area contributed by atoms with Gasteiger partial charge in [0.25, 0.3) is 5.91 Å². The molecule has 0 fully saturated rings. The average molecular weight is 266 g/mol. The number of hydrogen-bond acceptors (Lipinski definition) is 4. The van der Waals surface area contributed by atoms with E-state index in [0.29, 0.717) is 22.6 Å². The minimum absolute atomic E-state index is 0.188. The zero-order valence-electron chi connectivity index (χ0n) is 11.3. The van der Waals surface area contributed by atoms with Gasteiger partial charge in [-0.1, -0.05) is 12.1 Å². The van der Waals surface area contributed by atoms with Gasteiger partial charge in [-0.3, -0.25) is 4.79 Å². The van der Waals surface area contributed by atoms with Crippen molar-refractivity contribution in [2.45, 2.75) is 0 Å². The SMILES string of the molecule is CNc1cc(C(=O)N(C)c2ccccc2C#N)ccn1. The van der Waals surface area contributed by atoms with Gasteiger partial charge in [0.15, 0.2) is 0 Å². The molecule has 0 atom stereocenters. The number of pyridine rings is 1. The third kappa shape index (κ3) is 2.59. The standard InChI is InChI=1S/C15H14N4O/c1-17-14-9-11(7-8-18-14)15(20)19(2)13-6-4-3-5-12(13)10-16/h3-9H,1-2H3,(H,17,18). The van der Waals surface area contributed by atoms with Crippen molar-refractivity contribution in [3.8, 4) is 6.07 Å². The van der Waals surface area contributed by atoms with E-state index >= 15 is 0 Å². The second kappa shape index (κ2) is 5.85. The van der Waals surface area contributed by atoms with Crippen molar-refractivity contribution in [2.75, 3.05) is 24.3 Å². The van der Waals surface area contributed by atoms with E-state index in [0.717, 1.165) is 0 Å². The molecule has 20 heavy (non-hydrogen) atoms. The van der Waals surface area contributed by atoms with Crippen molar-refractivity contribution >= 4 is 17.4 Å². The molecule has 0 bridgehead atoms. The van der Waals surface area contributed by atoms with Crippen molar-refractivity contribution in [3.63, 3.8) is 0 Å². The van der Waals surface area contributed by atoms with Crippen LogP contribution in [0.1, 0.15) is 15.9 Å². The maximum absolute atomic E-state index is 12.4. The molecule has 1 amide bonds. The number of carbonyl (C=O) groups excluding carboxylic acids is 1. The van der Waals surface area contributed by atoms with Gasteiger partial charge in [0.1, 0.15) is 11.9 Å². The number of carbonyl (C=O) groups is 1. The van der Waals surface area contributed by atoms with Gasteiger partial charge in [-0.2, -0.15) is 5.26 Å². The fourth-order valence-corrected chi connectivity index (χ4v) is 1.86. The smallest absolute Gasteiger partial charge is 0.258 e. The molecule has 0 aliphatic heterocycles. The summed E-state index contributed by atoms with van der Waals surface area (Å²) in [5.74, 6) is 0.435. The summed E-state index contributed by atoms with van der Waals surface area (Å²) in [5.41, 5.74) is 1.56. The lowest BCUT2D eigenvalue weighted by Crippen LogP contribution is -2.27. The highest BCUT2D eigenvalue weighted by molar-refractivity contribution is 6.06. The maximum Gasteiger partial charge on any atom is 0.258 e. The van der Waals surface area contributed by atoms with Crippen molar-refractivity contribution in [2.24, 2.45) is 0 Å². The Balaban J connectivity index is 2.35. The van der Waals surface area contributed by atoms with E-state index in [1.165, 1.54) is 4.90 Å². The van der Waals surface area contributed by atoms with Gasteiger partial charge in [0.05, 0.1) is 11.3 Å². The van der Waals surface area contributed by atoms with Crippen molar-refractivity contribution in [1.29, 1.82) is 5.26 Å². The topological polar surface area (TPSA) is 69.0 Å². The van der Waals surface area contributed by atoms with E-state index in [-0.39, 0.29) is 5.91 Å². The Morgan fingerprint density at radius 2 is 2.10 bits per heavy atom. The predicted molar refractivity (Wildman–Crippen MR) is 77.7 cm³/mol. The number of benzene rings is 1. The molecular formula is C15H14N4O. The Bertz CT molecular complexity index is 676. The van der Waals surface area contributed by atoms with Crippen LogP contribution in [0.3, 0.4) is 0 Å². The fraction of sp³-hybridized carbons (Fsp3) is 0.133. The van der Waals surface area contributed by atoms with E-state index in [2.05, 4.69) is 16.4 Å². The highest BCUT2D eigenvalue weighted by Gasteiger charge is 2.16. The van der Waals surface area contributed by atoms with Gasteiger partial charge in [-0.05, 0) is 24.3 Å². The van der Waals surface area contributed by atoms with Crippen molar-refractivity contribution in [1.82, 2.24) is 4.98 Å². The molecule has 0 saturated heterocycles. The van der Waals surface area contributed by atoms with Gasteiger partial charge < -0.3 is 10.2 Å². The van der Waals surface area contributed by atoms with Crippen molar-refractivity contribution in [3.05, 3.63) is 53.7 Å². The molecule has 1 aromatic heterocycles. The number of anilines is 2. The Labute approximate surface area is 117 Å². The Morgan fingerprint density at radius 1 is 1.35 bits per heavy atom. The van der Waals surface area contributed by atoms with Crippen LogP contribution in [0.4, 0.5) is 11.5 Å². The number of nitriles is 1. The molecular weight excluding hydrogens is 252 g/mol. The minimum atomic E-state index is -0.188. The lowest BCUT2D eigenvalue weighted by atomic mass is 10.1. The minimum Gasteiger partial charge on any atom is -0.373 e. The molecule has 0 unspecified atom stereocenters. The summed E-state index contributed by atoms with van der Waals surface area (Å²) in [6, 6.07) is 12.4. The summed E-state index contributed by atoms with van der Waals surface area (Å²) in [5, 5.41) is 12.0. The first-order valence-corrected chi connectivity index (χ1v) is 6.08. The molecule has 0 aliphatic carbocycles. The van der Waals surface area contributed by atoms with Gasteiger partial charge in [0, 0.05) is 25.9 Å². The maximum atomic E-state index is 12.4. The van der Waals surface area contributed by atoms with Gasteiger partial charge >= 0.3 is 0 Å². The third-order valence-electron chi connectivity index (χ3n) is 2.95. The van der Waals surface area contributed by atoms with Crippen LogP contribution < -0.4 is 10.2 Å².